The Hall–Kier alpha value is -2.37. The van der Waals surface area contributed by atoms with E-state index in [0.29, 0.717) is 7.25 Å². The van der Waals surface area contributed by atoms with Gasteiger partial charge in [0.2, 0.25) is 0 Å². The first-order chi connectivity index (χ1) is 13.8. The van der Waals surface area contributed by atoms with Gasteiger partial charge < -0.3 is 0 Å². The van der Waals surface area contributed by atoms with Crippen LogP contribution in [-0.2, 0) is 21.3 Å². The quantitative estimate of drug-likeness (QED) is 0.334. The first-order valence-electron chi connectivity index (χ1n) is 9.90. The van der Waals surface area contributed by atoms with Gasteiger partial charge in [0, 0.05) is 0 Å². The Morgan fingerprint density at radius 1 is 0.429 bits per heavy atom. The van der Waals surface area contributed by atoms with Gasteiger partial charge >= 0.3 is 174 Å². The summed E-state index contributed by atoms with van der Waals surface area (Å²) in [5.41, 5.74) is 11.7. The molecule has 28 heavy (non-hydrogen) atoms. The topological polar surface area (TPSA) is 0 Å². The molecule has 0 radical (unpaired) electrons. The molecular weight excluding hydrogens is 416 g/mol. The van der Waals surface area contributed by atoms with E-state index in [-0.39, 0.29) is 0 Å². The number of fused-ring (bicyclic) bond motifs is 6. The number of benzene rings is 4. The monoisotopic (exact) mass is 434 g/mol. The van der Waals surface area contributed by atoms with E-state index in [1.807, 2.05) is 0 Å². The fraction of sp³-hybridized carbons (Fsp3) is 0.0741. The predicted octanol–water partition coefficient (Wildman–Crippen LogP) is 6.58. The maximum atomic E-state index is 4.99. The zero-order valence-corrected chi connectivity index (χ0v) is 18.1. The Balaban J connectivity index is 1.57. The van der Waals surface area contributed by atoms with E-state index >= 15 is 0 Å². The van der Waals surface area contributed by atoms with Gasteiger partial charge in [0.1, 0.15) is 0 Å². The van der Waals surface area contributed by atoms with Crippen LogP contribution in [0.3, 0.4) is 0 Å². The zero-order valence-electron chi connectivity index (χ0n) is 15.6. The van der Waals surface area contributed by atoms with Crippen molar-refractivity contribution in [3.05, 3.63) is 119 Å². The van der Waals surface area contributed by atoms with Gasteiger partial charge in [-0.05, 0) is 0 Å². The average molecular weight is 436 g/mol. The normalized spacial score (nSPS) is 14.3. The summed E-state index contributed by atoms with van der Waals surface area (Å²) in [6.07, 6.45) is 0. The van der Waals surface area contributed by atoms with Crippen LogP contribution in [-0.4, -0.2) is 4.21 Å². The average Bonchev–Trinajstić information content (AvgIpc) is 3.27. The molecule has 0 heterocycles. The van der Waals surface area contributed by atoms with Gasteiger partial charge in [0.15, 0.2) is 0 Å². The fourth-order valence-electron chi connectivity index (χ4n) is 5.28. The predicted molar refractivity (Wildman–Crippen MR) is 115 cm³/mol. The second kappa shape index (κ2) is 6.33. The molecule has 0 aliphatic heterocycles. The van der Waals surface area contributed by atoms with E-state index in [0.717, 1.165) is 0 Å². The first-order valence-corrected chi connectivity index (χ1v) is 14.5. The van der Waals surface area contributed by atoms with Crippen LogP contribution in [0.1, 0.15) is 29.5 Å². The number of hydrogen-bond donors (Lipinski definition) is 0. The van der Waals surface area contributed by atoms with Gasteiger partial charge in [-0.25, -0.2) is 0 Å². The van der Waals surface area contributed by atoms with Crippen LogP contribution >= 0.6 is 0 Å². The van der Waals surface area contributed by atoms with E-state index in [1.165, 1.54) is 44.5 Å². The van der Waals surface area contributed by atoms with Crippen molar-refractivity contribution in [2.75, 3.05) is 0 Å². The molecule has 2 aliphatic rings. The summed E-state index contributed by atoms with van der Waals surface area (Å²) in [7, 11) is 0. The second-order valence-electron chi connectivity index (χ2n) is 7.79. The first kappa shape index (κ1) is 16.6. The molecule has 0 nitrogen and oxygen atoms in total. The molecule has 4 aromatic carbocycles. The Morgan fingerprint density at radius 3 is 0.964 bits per heavy atom. The molecule has 0 amide bonds. The Morgan fingerprint density at radius 2 is 0.679 bits per heavy atom. The van der Waals surface area contributed by atoms with Crippen LogP contribution in [0.15, 0.2) is 97.1 Å². The van der Waals surface area contributed by atoms with E-state index in [4.69, 9.17) is 4.21 Å². The summed E-state index contributed by atoms with van der Waals surface area (Å²) in [5, 5.41) is 0. The van der Waals surface area contributed by atoms with Crippen molar-refractivity contribution in [1.29, 1.82) is 0 Å². The van der Waals surface area contributed by atoms with Gasteiger partial charge in [-0.15, -0.1) is 0 Å². The molecule has 0 saturated carbocycles. The molecule has 1 heteroatoms. The van der Waals surface area contributed by atoms with Crippen molar-refractivity contribution in [2.45, 2.75) is 7.25 Å². The molecule has 0 fully saturated rings. The van der Waals surface area contributed by atoms with Crippen LogP contribution in [0.25, 0.3) is 22.3 Å². The standard InChI is InChI=1S/2C13H9.CH2.Zr/c2*1-3-7-12-10(5-1)9-11-6-2-4-8-13(11)12;;/h2*1-9H;1H2;. The van der Waals surface area contributed by atoms with Crippen molar-refractivity contribution in [3.8, 4) is 22.3 Å². The third-order valence-corrected chi connectivity index (χ3v) is 13.1. The Kier molecular flexibility index (Phi) is 3.75. The minimum atomic E-state index is -2.23. The summed E-state index contributed by atoms with van der Waals surface area (Å²) in [6, 6.07) is 36.0. The molecule has 6 rings (SSSR count). The van der Waals surface area contributed by atoms with Crippen molar-refractivity contribution in [2.24, 2.45) is 0 Å². The van der Waals surface area contributed by atoms with Gasteiger partial charge in [-0.2, -0.15) is 0 Å². The molecule has 4 aromatic rings. The molecule has 0 saturated heterocycles. The van der Waals surface area contributed by atoms with Crippen molar-refractivity contribution in [1.82, 2.24) is 0 Å². The number of rotatable bonds is 2. The Labute approximate surface area is 173 Å². The fourth-order valence-corrected chi connectivity index (χ4v) is 12.5. The third-order valence-electron chi connectivity index (χ3n) is 6.41. The van der Waals surface area contributed by atoms with Crippen LogP contribution in [0.2, 0.25) is 0 Å². The summed E-state index contributed by atoms with van der Waals surface area (Å²) in [5.74, 6) is 0. The van der Waals surface area contributed by atoms with Crippen molar-refractivity contribution in [3.63, 3.8) is 0 Å². The van der Waals surface area contributed by atoms with Crippen LogP contribution in [0.5, 0.6) is 0 Å². The van der Waals surface area contributed by atoms with Gasteiger partial charge in [-0.1, -0.05) is 0 Å². The zero-order chi connectivity index (χ0) is 18.7. The molecule has 0 aromatic heterocycles. The van der Waals surface area contributed by atoms with Crippen LogP contribution in [0.4, 0.5) is 0 Å². The van der Waals surface area contributed by atoms with Crippen molar-refractivity contribution < 1.29 is 21.3 Å². The number of hydrogen-bond acceptors (Lipinski definition) is 0. The molecule has 2 aliphatic carbocycles. The van der Waals surface area contributed by atoms with E-state index in [9.17, 15) is 0 Å². The molecule has 132 valence electrons. The van der Waals surface area contributed by atoms with E-state index in [2.05, 4.69) is 97.1 Å². The van der Waals surface area contributed by atoms with Gasteiger partial charge in [0.25, 0.3) is 0 Å². The van der Waals surface area contributed by atoms with Gasteiger partial charge in [0.05, 0.1) is 0 Å². The van der Waals surface area contributed by atoms with Crippen LogP contribution < -0.4 is 0 Å². The Bertz CT molecular complexity index is 1060. The maximum absolute atomic E-state index is 4.99. The molecule has 0 bridgehead atoms. The van der Waals surface area contributed by atoms with Crippen molar-refractivity contribution >= 4 is 4.21 Å². The third kappa shape index (κ3) is 2.23. The SMILES string of the molecule is [CH2]=[Zr]([CH]1c2ccccc2-c2ccccc21)[CH]1c2ccccc2-c2ccccc21. The molecule has 0 atom stereocenters. The molecule has 0 spiro atoms. The summed E-state index contributed by atoms with van der Waals surface area (Å²) in [4.78, 5) is 0. The minimum absolute atomic E-state index is 0.513. The van der Waals surface area contributed by atoms with E-state index in [1.54, 1.807) is 0 Å². The second-order valence-corrected chi connectivity index (χ2v) is 13.5. The molecule has 0 unspecified atom stereocenters. The van der Waals surface area contributed by atoms with E-state index < -0.39 is 21.3 Å². The summed E-state index contributed by atoms with van der Waals surface area (Å²) in [6.45, 7) is 0. The molecule has 0 N–H and O–H groups in total. The van der Waals surface area contributed by atoms with Gasteiger partial charge in [-0.3, -0.25) is 0 Å². The summed E-state index contributed by atoms with van der Waals surface area (Å²) >= 11 is -2.23. The summed E-state index contributed by atoms with van der Waals surface area (Å²) < 4.78 is 6.02. The van der Waals surface area contributed by atoms with Crippen LogP contribution in [0, 0.1) is 0 Å². The molecular formula is C27H20Zr.